The number of nitrogens with one attached hydrogen (secondary N) is 1. The van der Waals surface area contributed by atoms with E-state index in [4.69, 9.17) is 4.74 Å². The maximum absolute atomic E-state index is 12.1. The number of carbonyl (C=O) groups excluding carboxylic acids is 2. The molecule has 0 saturated carbocycles. The molecule has 0 atom stereocenters. The molecule has 0 aromatic heterocycles. The second-order valence-electron chi connectivity index (χ2n) is 5.49. The number of piperazine rings is 1. The Hall–Kier alpha value is -2.24. The van der Waals surface area contributed by atoms with Gasteiger partial charge in [-0.15, -0.1) is 0 Å². The number of rotatable bonds is 5. The highest BCUT2D eigenvalue weighted by atomic mass is 16.6. The molecule has 1 aliphatic heterocycles. The Morgan fingerprint density at radius 1 is 1.09 bits per heavy atom. The predicted molar refractivity (Wildman–Crippen MR) is 88.3 cm³/mol. The second kappa shape index (κ2) is 9.02. The van der Waals surface area contributed by atoms with Gasteiger partial charge in [0.2, 0.25) is 0 Å². The van der Waals surface area contributed by atoms with Crippen molar-refractivity contribution in [1.82, 2.24) is 15.1 Å². The fourth-order valence-corrected chi connectivity index (χ4v) is 2.55. The molecular formula is C17H25N3O3. The summed E-state index contributed by atoms with van der Waals surface area (Å²) >= 11 is 0. The average molecular weight is 319 g/mol. The molecule has 1 fully saturated rings. The molecule has 3 amide bonds. The van der Waals surface area contributed by atoms with Crippen LogP contribution < -0.4 is 5.32 Å². The highest BCUT2D eigenvalue weighted by Gasteiger charge is 2.24. The van der Waals surface area contributed by atoms with Crippen molar-refractivity contribution in [2.75, 3.05) is 39.3 Å². The summed E-state index contributed by atoms with van der Waals surface area (Å²) in [6.07, 6.45) is 1.58. The van der Waals surface area contributed by atoms with Crippen LogP contribution in [0.25, 0.3) is 0 Å². The molecule has 0 bridgehead atoms. The van der Waals surface area contributed by atoms with Crippen molar-refractivity contribution in [2.24, 2.45) is 0 Å². The van der Waals surface area contributed by atoms with E-state index in [0.717, 1.165) is 12.8 Å². The summed E-state index contributed by atoms with van der Waals surface area (Å²) in [5.74, 6) is 0. The van der Waals surface area contributed by atoms with E-state index in [-0.39, 0.29) is 12.1 Å². The highest BCUT2D eigenvalue weighted by molar-refractivity contribution is 5.75. The van der Waals surface area contributed by atoms with Gasteiger partial charge in [-0.25, -0.2) is 9.59 Å². The minimum atomic E-state index is -0.296. The predicted octanol–water partition coefficient (Wildman–Crippen LogP) is 2.10. The van der Waals surface area contributed by atoms with Crippen LogP contribution in [0.15, 0.2) is 30.3 Å². The fourth-order valence-electron chi connectivity index (χ4n) is 2.55. The maximum Gasteiger partial charge on any atom is 0.409 e. The fraction of sp³-hybridized carbons (Fsp3) is 0.529. The van der Waals surface area contributed by atoms with Gasteiger partial charge < -0.3 is 19.9 Å². The van der Waals surface area contributed by atoms with Crippen LogP contribution in [0.4, 0.5) is 9.59 Å². The van der Waals surface area contributed by atoms with Gasteiger partial charge in [-0.2, -0.15) is 0 Å². The number of hydrogen-bond acceptors (Lipinski definition) is 3. The number of ether oxygens (including phenoxy) is 1. The van der Waals surface area contributed by atoms with E-state index in [1.54, 1.807) is 16.7 Å². The standard InChI is InChI=1S/C17H25N3O3/c1-2-23-17(22)20-13-11-19(12-14-20)16(21)18-10-6-9-15-7-4-3-5-8-15/h3-5,7-8H,2,6,9-14H2,1H3,(H,18,21). The molecule has 1 aliphatic rings. The Balaban J connectivity index is 1.62. The largest absolute Gasteiger partial charge is 0.450 e. The third-order valence-corrected chi connectivity index (χ3v) is 3.85. The summed E-state index contributed by atoms with van der Waals surface area (Å²) in [7, 11) is 0. The number of hydrogen-bond donors (Lipinski definition) is 1. The van der Waals surface area contributed by atoms with E-state index < -0.39 is 0 Å². The van der Waals surface area contributed by atoms with Gasteiger partial charge in [-0.3, -0.25) is 0 Å². The van der Waals surface area contributed by atoms with Gasteiger partial charge in [-0.1, -0.05) is 30.3 Å². The Bertz CT molecular complexity index is 499. The maximum atomic E-state index is 12.1. The molecule has 2 rings (SSSR count). The van der Waals surface area contributed by atoms with Gasteiger partial charge in [0.25, 0.3) is 0 Å². The molecule has 1 aromatic rings. The lowest BCUT2D eigenvalue weighted by Crippen LogP contribution is -2.53. The van der Waals surface area contributed by atoms with Crippen LogP contribution >= 0.6 is 0 Å². The number of nitrogens with zero attached hydrogens (tertiary/aromatic N) is 2. The van der Waals surface area contributed by atoms with Gasteiger partial charge in [0.15, 0.2) is 0 Å². The van der Waals surface area contributed by atoms with Crippen molar-refractivity contribution in [3.63, 3.8) is 0 Å². The zero-order chi connectivity index (χ0) is 16.5. The third kappa shape index (κ3) is 5.47. The van der Waals surface area contributed by atoms with Gasteiger partial charge in [-0.05, 0) is 25.3 Å². The summed E-state index contributed by atoms with van der Waals surface area (Å²) in [4.78, 5) is 27.1. The molecule has 6 nitrogen and oxygen atoms in total. The van der Waals surface area contributed by atoms with Crippen LogP contribution in [0.5, 0.6) is 0 Å². The number of urea groups is 1. The molecule has 1 heterocycles. The van der Waals surface area contributed by atoms with Crippen molar-refractivity contribution in [2.45, 2.75) is 19.8 Å². The second-order valence-corrected chi connectivity index (χ2v) is 5.49. The van der Waals surface area contributed by atoms with Gasteiger partial charge in [0.1, 0.15) is 0 Å². The molecule has 0 aliphatic carbocycles. The first-order chi connectivity index (χ1) is 11.2. The van der Waals surface area contributed by atoms with Gasteiger partial charge >= 0.3 is 12.1 Å². The summed E-state index contributed by atoms with van der Waals surface area (Å²) in [5, 5.41) is 2.94. The summed E-state index contributed by atoms with van der Waals surface area (Å²) in [6.45, 7) is 4.96. The molecule has 1 saturated heterocycles. The lowest BCUT2D eigenvalue weighted by molar-refractivity contribution is 0.0852. The lowest BCUT2D eigenvalue weighted by Gasteiger charge is -2.34. The van der Waals surface area contributed by atoms with Crippen molar-refractivity contribution in [1.29, 1.82) is 0 Å². The van der Waals surface area contributed by atoms with Gasteiger partial charge in [0.05, 0.1) is 6.61 Å². The SMILES string of the molecule is CCOC(=O)N1CCN(C(=O)NCCCc2ccccc2)CC1. The normalized spacial score (nSPS) is 14.5. The smallest absolute Gasteiger partial charge is 0.409 e. The minimum Gasteiger partial charge on any atom is -0.450 e. The van der Waals surface area contributed by atoms with Crippen molar-refractivity contribution >= 4 is 12.1 Å². The summed E-state index contributed by atoms with van der Waals surface area (Å²) in [6, 6.07) is 10.2. The van der Waals surface area contributed by atoms with Gasteiger partial charge in [0, 0.05) is 32.7 Å². The van der Waals surface area contributed by atoms with Crippen molar-refractivity contribution < 1.29 is 14.3 Å². The van der Waals surface area contributed by atoms with E-state index in [0.29, 0.717) is 39.3 Å². The molecule has 23 heavy (non-hydrogen) atoms. The number of benzene rings is 1. The third-order valence-electron chi connectivity index (χ3n) is 3.85. The van der Waals surface area contributed by atoms with E-state index in [2.05, 4.69) is 17.4 Å². The lowest BCUT2D eigenvalue weighted by atomic mass is 10.1. The molecule has 0 radical (unpaired) electrons. The number of carbonyl (C=O) groups is 2. The van der Waals surface area contributed by atoms with Crippen LogP contribution in [-0.2, 0) is 11.2 Å². The number of aryl methyl sites for hydroxylation is 1. The topological polar surface area (TPSA) is 61.9 Å². The summed E-state index contributed by atoms with van der Waals surface area (Å²) < 4.78 is 4.97. The van der Waals surface area contributed by atoms with Crippen LogP contribution in [-0.4, -0.2) is 61.3 Å². The molecule has 0 unspecified atom stereocenters. The van der Waals surface area contributed by atoms with E-state index in [1.165, 1.54) is 5.56 Å². The van der Waals surface area contributed by atoms with Crippen LogP contribution in [0, 0.1) is 0 Å². The van der Waals surface area contributed by atoms with Crippen LogP contribution in [0.3, 0.4) is 0 Å². The first-order valence-corrected chi connectivity index (χ1v) is 8.19. The van der Waals surface area contributed by atoms with E-state index in [1.807, 2.05) is 18.2 Å². The first-order valence-electron chi connectivity index (χ1n) is 8.19. The molecule has 126 valence electrons. The van der Waals surface area contributed by atoms with Crippen molar-refractivity contribution in [3.8, 4) is 0 Å². The Kier molecular flexibility index (Phi) is 6.72. The van der Waals surface area contributed by atoms with E-state index >= 15 is 0 Å². The zero-order valence-electron chi connectivity index (χ0n) is 13.7. The molecule has 1 aromatic carbocycles. The average Bonchev–Trinajstić information content (AvgIpc) is 2.60. The molecule has 0 spiro atoms. The highest BCUT2D eigenvalue weighted by Crippen LogP contribution is 2.05. The Morgan fingerprint density at radius 2 is 1.74 bits per heavy atom. The quantitative estimate of drug-likeness (QED) is 0.846. The molecule has 1 N–H and O–H groups in total. The zero-order valence-corrected chi connectivity index (χ0v) is 13.7. The van der Waals surface area contributed by atoms with Crippen molar-refractivity contribution in [3.05, 3.63) is 35.9 Å². The van der Waals surface area contributed by atoms with Crippen LogP contribution in [0.1, 0.15) is 18.9 Å². The monoisotopic (exact) mass is 319 g/mol. The Morgan fingerprint density at radius 3 is 2.39 bits per heavy atom. The van der Waals surface area contributed by atoms with Crippen LogP contribution in [0.2, 0.25) is 0 Å². The number of amides is 3. The Labute approximate surface area is 137 Å². The minimum absolute atomic E-state index is 0.0541. The molecular weight excluding hydrogens is 294 g/mol. The van der Waals surface area contributed by atoms with E-state index in [9.17, 15) is 9.59 Å². The first kappa shape index (κ1) is 17.1. The molecule has 6 heteroatoms. The summed E-state index contributed by atoms with van der Waals surface area (Å²) in [5.41, 5.74) is 1.28.